The molecule has 8 aromatic carbocycles. The first-order valence-corrected chi connectivity index (χ1v) is 24.0. The van der Waals surface area contributed by atoms with E-state index in [1.165, 1.54) is 52.6 Å². The first kappa shape index (κ1) is 38.5. The minimum absolute atomic E-state index is 0. The van der Waals surface area contributed by atoms with Crippen molar-refractivity contribution in [1.82, 2.24) is 14.5 Å². The molecule has 0 aliphatic carbocycles. The summed E-state index contributed by atoms with van der Waals surface area (Å²) in [6, 6.07) is 68.8. The second kappa shape index (κ2) is 16.0. The number of rotatable bonds is 5. The van der Waals surface area contributed by atoms with Crippen LogP contribution in [0, 0.1) is 12.1 Å². The Bertz CT molecular complexity index is 3260. The summed E-state index contributed by atoms with van der Waals surface area (Å²) in [5.74, 6) is 0.909. The van der Waals surface area contributed by atoms with Gasteiger partial charge >= 0.3 is 0 Å². The van der Waals surface area contributed by atoms with Gasteiger partial charge in [-0.3, -0.25) is 4.98 Å². The van der Waals surface area contributed by atoms with Gasteiger partial charge in [0, 0.05) is 47.3 Å². The molecule has 6 heteroatoms. The van der Waals surface area contributed by atoms with E-state index in [1.807, 2.05) is 41.8 Å². The maximum Gasteiger partial charge on any atom is 0.0852 e. The van der Waals surface area contributed by atoms with Crippen LogP contribution in [-0.2, 0) is 20.1 Å². The molecular weight excluding hydrogens is 931 g/mol. The molecule has 0 unspecified atom stereocenters. The number of fused-ring (bicyclic) bond motifs is 7. The quantitative estimate of drug-likeness (QED) is 0.127. The Kier molecular flexibility index (Phi) is 10.4. The number of thiophene rings is 1. The maximum atomic E-state index is 5.49. The summed E-state index contributed by atoms with van der Waals surface area (Å²) >= 11 is 1.82. The van der Waals surface area contributed by atoms with Crippen molar-refractivity contribution in [3.05, 3.63) is 194 Å². The van der Waals surface area contributed by atoms with E-state index in [0.29, 0.717) is 0 Å². The molecule has 287 valence electrons. The Morgan fingerprint density at radius 1 is 0.576 bits per heavy atom. The largest absolute Gasteiger partial charge is 0.332 e. The van der Waals surface area contributed by atoms with Crippen LogP contribution in [-0.4, -0.2) is 22.6 Å². The number of hydrogen-bond acceptors (Lipinski definition) is 3. The van der Waals surface area contributed by atoms with Crippen molar-refractivity contribution in [3.63, 3.8) is 0 Å². The van der Waals surface area contributed by atoms with Crippen LogP contribution in [0.4, 0.5) is 0 Å². The molecule has 0 atom stereocenters. The van der Waals surface area contributed by atoms with Crippen molar-refractivity contribution >= 4 is 77.3 Å². The van der Waals surface area contributed by atoms with Crippen LogP contribution in [0.3, 0.4) is 0 Å². The van der Waals surface area contributed by atoms with Gasteiger partial charge in [-0.15, -0.1) is 54.1 Å². The third-order valence-corrected chi connectivity index (χ3v) is 14.2. The number of benzene rings is 8. The van der Waals surface area contributed by atoms with Crippen LogP contribution in [0.25, 0.3) is 92.2 Å². The molecule has 3 heterocycles. The molecule has 59 heavy (non-hydrogen) atoms. The van der Waals surface area contributed by atoms with Gasteiger partial charge in [0.1, 0.15) is 0 Å². The summed E-state index contributed by atoms with van der Waals surface area (Å²) in [5.41, 5.74) is 8.67. The summed E-state index contributed by atoms with van der Waals surface area (Å²) in [6.07, 6.45) is 2.02. The van der Waals surface area contributed by atoms with Crippen LogP contribution in [0.2, 0.25) is 19.6 Å². The second-order valence-corrected chi connectivity index (χ2v) is 21.8. The summed E-state index contributed by atoms with van der Waals surface area (Å²) in [5, 5.41) is 8.64. The smallest absolute Gasteiger partial charge is 0.0852 e. The van der Waals surface area contributed by atoms with E-state index in [-0.39, 0.29) is 20.1 Å². The average Bonchev–Trinajstić information content (AvgIpc) is 3.86. The van der Waals surface area contributed by atoms with E-state index in [1.54, 1.807) is 0 Å². The molecule has 0 aliphatic heterocycles. The van der Waals surface area contributed by atoms with Crippen LogP contribution in [0.15, 0.2) is 182 Å². The van der Waals surface area contributed by atoms with Crippen LogP contribution >= 0.6 is 11.3 Å². The molecule has 1 radical (unpaired) electrons. The number of imidazole rings is 1. The van der Waals surface area contributed by atoms with E-state index in [4.69, 9.17) is 4.98 Å². The fourth-order valence-corrected chi connectivity index (χ4v) is 10.2. The normalized spacial score (nSPS) is 11.5. The van der Waals surface area contributed by atoms with E-state index >= 15 is 0 Å². The predicted octanol–water partition coefficient (Wildman–Crippen LogP) is 13.9. The Morgan fingerprint density at radius 2 is 1.27 bits per heavy atom. The molecule has 3 nitrogen and oxygen atoms in total. The topological polar surface area (TPSA) is 30.7 Å². The summed E-state index contributed by atoms with van der Waals surface area (Å²) in [7, 11) is -1.23. The molecule has 0 fully saturated rings. The molecule has 11 rings (SSSR count). The Hall–Kier alpha value is -6.01. The minimum Gasteiger partial charge on any atom is -0.332 e. The average molecular weight is 970 g/mol. The van der Waals surface area contributed by atoms with Crippen molar-refractivity contribution in [2.75, 3.05) is 0 Å². The number of hydrogen-bond donors (Lipinski definition) is 0. The first-order chi connectivity index (χ1) is 28.4. The van der Waals surface area contributed by atoms with Gasteiger partial charge in [0.25, 0.3) is 0 Å². The fraction of sp³-hybridized carbons (Fsp3) is 0.0566. The predicted molar refractivity (Wildman–Crippen MR) is 250 cm³/mol. The Balaban J connectivity index is 0.000000224. The molecule has 0 N–H and O–H groups in total. The van der Waals surface area contributed by atoms with E-state index in [2.05, 4.69) is 193 Å². The molecule has 0 saturated carbocycles. The minimum atomic E-state index is -1.23. The van der Waals surface area contributed by atoms with Gasteiger partial charge in [-0.05, 0) is 49.4 Å². The molecule has 11 aromatic rings. The van der Waals surface area contributed by atoms with Crippen molar-refractivity contribution in [1.29, 1.82) is 0 Å². The molecule has 0 saturated heterocycles. The first-order valence-electron chi connectivity index (χ1n) is 19.7. The van der Waals surface area contributed by atoms with Gasteiger partial charge in [0.05, 0.1) is 30.6 Å². The number of pyridine rings is 1. The van der Waals surface area contributed by atoms with Crippen molar-refractivity contribution in [2.24, 2.45) is 0 Å². The Morgan fingerprint density at radius 3 is 2.02 bits per heavy atom. The standard InChI is InChI=1S/C39H23N2S.C14H16NSi.Ir/c1-2-11-25(12-3-1)30-23-21-27-14-5-7-16-29(27)37(30)41-34-24-22-26-13-4-6-15-28(26)36(34)40-39(41)33-19-10-18-32-31-17-8-9-20-35(31)42-38(32)33;1-16(2,3)13-9-10-14(15-11-13)12-7-5-4-6-8-12;/h1-18,20-24H;4-7,9-11H,1-3H3;/q2*-1;. The SMILES string of the molecule is C[Si](C)(C)c1ccc(-c2[c-]cccc2)nc1.[Ir].[c-]1ccc2c(sc3ccccc32)c1-c1nc2c3ccccc3ccc2n1-c1c(-c2ccccc2)ccc2ccccc12. The zero-order valence-electron chi connectivity index (χ0n) is 32.9. The summed E-state index contributed by atoms with van der Waals surface area (Å²) < 4.78 is 4.87. The van der Waals surface area contributed by atoms with Crippen molar-refractivity contribution in [2.45, 2.75) is 19.6 Å². The van der Waals surface area contributed by atoms with Crippen molar-refractivity contribution < 1.29 is 20.1 Å². The molecule has 0 amide bonds. The van der Waals surface area contributed by atoms with Gasteiger partial charge in [0.15, 0.2) is 0 Å². The van der Waals surface area contributed by atoms with Crippen LogP contribution < -0.4 is 5.19 Å². The monoisotopic (exact) mass is 970 g/mol. The van der Waals surface area contributed by atoms with Gasteiger partial charge < -0.3 is 9.55 Å². The third kappa shape index (κ3) is 7.13. The Labute approximate surface area is 363 Å². The van der Waals surface area contributed by atoms with Crippen LogP contribution in [0.1, 0.15) is 0 Å². The summed E-state index contributed by atoms with van der Waals surface area (Å²) in [6.45, 7) is 7.00. The van der Waals surface area contributed by atoms with Gasteiger partial charge in [-0.1, -0.05) is 158 Å². The molecule has 0 bridgehead atoms. The van der Waals surface area contributed by atoms with Crippen molar-refractivity contribution in [3.8, 4) is 39.5 Å². The van der Waals surface area contributed by atoms with E-state index in [0.717, 1.165) is 44.8 Å². The van der Waals surface area contributed by atoms with Gasteiger partial charge in [-0.2, -0.15) is 11.3 Å². The summed E-state index contributed by atoms with van der Waals surface area (Å²) in [4.78, 5) is 10.0. The van der Waals surface area contributed by atoms with E-state index < -0.39 is 8.07 Å². The number of nitrogens with zero attached hydrogens (tertiary/aromatic N) is 3. The van der Waals surface area contributed by atoms with Gasteiger partial charge in [-0.25, -0.2) is 0 Å². The molecule has 0 spiro atoms. The van der Waals surface area contributed by atoms with Crippen LogP contribution in [0.5, 0.6) is 0 Å². The fourth-order valence-electron chi connectivity index (χ4n) is 7.96. The third-order valence-electron chi connectivity index (χ3n) is 10.9. The zero-order valence-corrected chi connectivity index (χ0v) is 37.1. The maximum absolute atomic E-state index is 5.49. The van der Waals surface area contributed by atoms with Gasteiger partial charge in [0.2, 0.25) is 0 Å². The second-order valence-electron chi connectivity index (χ2n) is 15.6. The number of aromatic nitrogens is 3. The van der Waals surface area contributed by atoms with E-state index in [9.17, 15) is 0 Å². The molecule has 3 aromatic heterocycles. The molecule has 0 aliphatic rings. The zero-order chi connectivity index (χ0) is 39.2. The molecular formula is C53H39IrN3SSi-2.